The normalized spacial score (nSPS) is 11.4. The van der Waals surface area contributed by atoms with Gasteiger partial charge in [0.25, 0.3) is 5.91 Å². The highest BCUT2D eigenvalue weighted by molar-refractivity contribution is 6.30. The number of amides is 2. The number of halogens is 1. The Morgan fingerprint density at radius 2 is 1.31 bits per heavy atom. The number of alkyl carbamates (subject to hydrolysis) is 1. The van der Waals surface area contributed by atoms with Crippen LogP contribution in [-0.4, -0.2) is 42.1 Å². The van der Waals surface area contributed by atoms with Crippen LogP contribution in [0, 0.1) is 0 Å². The van der Waals surface area contributed by atoms with Crippen LogP contribution in [0.2, 0.25) is 5.02 Å². The minimum atomic E-state index is -1.16. The molecule has 2 N–H and O–H groups in total. The predicted molar refractivity (Wildman–Crippen MR) is 123 cm³/mol. The van der Waals surface area contributed by atoms with Crippen molar-refractivity contribution in [2.45, 2.75) is 45.8 Å². The molecule has 0 aliphatic rings. The SMILES string of the molecule is CC(C)(C)OC(=O)NCCNC(=O)C(C)(C)Oc1ccc(C(=O)c2ccc(Cl)cc2)cc1. The molecule has 0 aliphatic heterocycles. The second kappa shape index (κ2) is 10.5. The van der Waals surface area contributed by atoms with E-state index < -0.39 is 17.3 Å². The third-order valence-corrected chi connectivity index (χ3v) is 4.47. The van der Waals surface area contributed by atoms with Crippen LogP contribution in [0.15, 0.2) is 48.5 Å². The fourth-order valence-electron chi connectivity index (χ4n) is 2.65. The summed E-state index contributed by atoms with van der Waals surface area (Å²) in [6, 6.07) is 13.2. The first-order valence-corrected chi connectivity index (χ1v) is 10.6. The number of rotatable bonds is 8. The first-order valence-electron chi connectivity index (χ1n) is 10.2. The van der Waals surface area contributed by atoms with Gasteiger partial charge in [-0.05, 0) is 83.1 Å². The maximum absolute atomic E-state index is 12.5. The topological polar surface area (TPSA) is 93.7 Å². The van der Waals surface area contributed by atoms with Gasteiger partial charge >= 0.3 is 6.09 Å². The van der Waals surface area contributed by atoms with Crippen molar-refractivity contribution in [2.75, 3.05) is 13.1 Å². The zero-order chi connectivity index (χ0) is 23.9. The van der Waals surface area contributed by atoms with E-state index in [1.54, 1.807) is 83.1 Å². The first kappa shape index (κ1) is 25.2. The number of benzene rings is 2. The molecule has 0 fully saturated rings. The fourth-order valence-corrected chi connectivity index (χ4v) is 2.78. The molecular formula is C24H29ClN2O5. The maximum atomic E-state index is 12.5. The van der Waals surface area contributed by atoms with E-state index in [1.165, 1.54) is 0 Å². The lowest BCUT2D eigenvalue weighted by molar-refractivity contribution is -0.134. The van der Waals surface area contributed by atoms with Crippen LogP contribution in [0.3, 0.4) is 0 Å². The summed E-state index contributed by atoms with van der Waals surface area (Å²) in [4.78, 5) is 36.7. The lowest BCUT2D eigenvalue weighted by Gasteiger charge is -2.25. The highest BCUT2D eigenvalue weighted by Crippen LogP contribution is 2.21. The molecule has 2 rings (SSSR count). The van der Waals surface area contributed by atoms with Crippen LogP contribution < -0.4 is 15.4 Å². The summed E-state index contributed by atoms with van der Waals surface area (Å²) in [5.74, 6) is -0.0304. The summed E-state index contributed by atoms with van der Waals surface area (Å²) >= 11 is 5.86. The number of hydrogen-bond donors (Lipinski definition) is 2. The van der Waals surface area contributed by atoms with Crippen LogP contribution in [-0.2, 0) is 9.53 Å². The number of ether oxygens (including phenoxy) is 2. The number of carbonyl (C=O) groups excluding carboxylic acids is 3. The van der Waals surface area contributed by atoms with E-state index in [0.717, 1.165) is 0 Å². The molecule has 2 aromatic carbocycles. The number of nitrogens with one attached hydrogen (secondary N) is 2. The molecule has 0 spiro atoms. The summed E-state index contributed by atoms with van der Waals surface area (Å²) in [6.07, 6.45) is -0.546. The molecule has 0 radical (unpaired) electrons. The van der Waals surface area contributed by atoms with Gasteiger partial charge in [0.1, 0.15) is 11.4 Å². The number of ketones is 1. The van der Waals surface area contributed by atoms with E-state index in [4.69, 9.17) is 21.1 Å². The van der Waals surface area contributed by atoms with Gasteiger partial charge in [-0.15, -0.1) is 0 Å². The Kier molecular flexibility index (Phi) is 8.27. The van der Waals surface area contributed by atoms with Crippen LogP contribution in [0.25, 0.3) is 0 Å². The molecular weight excluding hydrogens is 432 g/mol. The van der Waals surface area contributed by atoms with Crippen molar-refractivity contribution >= 4 is 29.4 Å². The third kappa shape index (κ3) is 7.89. The molecule has 2 aromatic rings. The molecule has 0 heterocycles. The zero-order valence-electron chi connectivity index (χ0n) is 19.0. The van der Waals surface area contributed by atoms with Gasteiger partial charge in [0, 0.05) is 29.2 Å². The van der Waals surface area contributed by atoms with Crippen molar-refractivity contribution in [1.82, 2.24) is 10.6 Å². The molecule has 0 bridgehead atoms. The molecule has 0 unspecified atom stereocenters. The molecule has 0 aliphatic carbocycles. The van der Waals surface area contributed by atoms with Gasteiger partial charge in [-0.25, -0.2) is 4.79 Å². The molecule has 0 saturated carbocycles. The summed E-state index contributed by atoms with van der Waals surface area (Å²) in [5.41, 5.74) is -0.718. The zero-order valence-corrected chi connectivity index (χ0v) is 19.7. The minimum Gasteiger partial charge on any atom is -0.478 e. The van der Waals surface area contributed by atoms with E-state index >= 15 is 0 Å². The third-order valence-electron chi connectivity index (χ3n) is 4.22. The van der Waals surface area contributed by atoms with Crippen LogP contribution in [0.5, 0.6) is 5.75 Å². The van der Waals surface area contributed by atoms with Gasteiger partial charge < -0.3 is 20.1 Å². The highest BCUT2D eigenvalue weighted by atomic mass is 35.5. The molecule has 0 aromatic heterocycles. The van der Waals surface area contributed by atoms with E-state index in [0.29, 0.717) is 21.9 Å². The molecule has 172 valence electrons. The van der Waals surface area contributed by atoms with E-state index in [1.807, 2.05) is 0 Å². The Morgan fingerprint density at radius 1 is 0.812 bits per heavy atom. The first-order chi connectivity index (χ1) is 14.9. The second-order valence-electron chi connectivity index (χ2n) is 8.66. The Morgan fingerprint density at radius 3 is 1.84 bits per heavy atom. The Bertz CT molecular complexity index is 948. The highest BCUT2D eigenvalue weighted by Gasteiger charge is 2.29. The number of carbonyl (C=O) groups is 3. The van der Waals surface area contributed by atoms with E-state index in [2.05, 4.69) is 10.6 Å². The lowest BCUT2D eigenvalue weighted by atomic mass is 10.0. The molecule has 32 heavy (non-hydrogen) atoms. The smallest absolute Gasteiger partial charge is 0.407 e. The lowest BCUT2D eigenvalue weighted by Crippen LogP contribution is -2.48. The van der Waals surface area contributed by atoms with Gasteiger partial charge in [-0.3, -0.25) is 9.59 Å². The Hall–Kier alpha value is -3.06. The van der Waals surface area contributed by atoms with Gasteiger partial charge in [0.05, 0.1) is 0 Å². The minimum absolute atomic E-state index is 0.136. The summed E-state index contributed by atoms with van der Waals surface area (Å²) < 4.78 is 10.9. The number of hydrogen-bond acceptors (Lipinski definition) is 5. The fraction of sp³-hybridized carbons (Fsp3) is 0.375. The van der Waals surface area contributed by atoms with E-state index in [9.17, 15) is 14.4 Å². The molecule has 8 heteroatoms. The standard InChI is InChI=1S/C24H29ClN2O5/c1-23(2,3)32-22(30)27-15-14-26-21(29)24(4,5)31-19-12-8-17(9-13-19)20(28)16-6-10-18(25)11-7-16/h6-13H,14-15H2,1-5H3,(H,26,29)(H,27,30). The van der Waals surface area contributed by atoms with Crippen LogP contribution in [0.1, 0.15) is 50.5 Å². The largest absolute Gasteiger partial charge is 0.478 e. The molecule has 2 amide bonds. The summed E-state index contributed by atoms with van der Waals surface area (Å²) in [6.45, 7) is 9.03. The van der Waals surface area contributed by atoms with Crippen molar-refractivity contribution in [3.05, 3.63) is 64.7 Å². The van der Waals surface area contributed by atoms with Gasteiger partial charge in [-0.1, -0.05) is 11.6 Å². The van der Waals surface area contributed by atoms with Gasteiger partial charge in [0.2, 0.25) is 0 Å². The van der Waals surface area contributed by atoms with Crippen molar-refractivity contribution in [1.29, 1.82) is 0 Å². The van der Waals surface area contributed by atoms with Crippen molar-refractivity contribution in [3.8, 4) is 5.75 Å². The Balaban J connectivity index is 1.86. The maximum Gasteiger partial charge on any atom is 0.407 e. The second-order valence-corrected chi connectivity index (χ2v) is 9.09. The van der Waals surface area contributed by atoms with Gasteiger partial charge in [-0.2, -0.15) is 0 Å². The van der Waals surface area contributed by atoms with Crippen LogP contribution >= 0.6 is 11.6 Å². The molecule has 7 nitrogen and oxygen atoms in total. The average Bonchev–Trinajstić information content (AvgIpc) is 2.70. The Labute approximate surface area is 193 Å². The van der Waals surface area contributed by atoms with Crippen molar-refractivity contribution in [2.24, 2.45) is 0 Å². The van der Waals surface area contributed by atoms with Gasteiger partial charge in [0.15, 0.2) is 11.4 Å². The molecule has 0 atom stereocenters. The predicted octanol–water partition coefficient (Wildman–Crippen LogP) is 4.37. The monoisotopic (exact) mass is 460 g/mol. The summed E-state index contributed by atoms with van der Waals surface area (Å²) in [7, 11) is 0. The van der Waals surface area contributed by atoms with Crippen LogP contribution in [0.4, 0.5) is 4.79 Å². The summed E-state index contributed by atoms with van der Waals surface area (Å²) in [5, 5.41) is 5.85. The van der Waals surface area contributed by atoms with Crippen molar-refractivity contribution < 1.29 is 23.9 Å². The average molecular weight is 461 g/mol. The van der Waals surface area contributed by atoms with Crippen molar-refractivity contribution in [3.63, 3.8) is 0 Å². The van der Waals surface area contributed by atoms with E-state index in [-0.39, 0.29) is 24.8 Å². The quantitative estimate of drug-likeness (QED) is 0.450. The molecule has 0 saturated heterocycles.